The molecule has 0 saturated carbocycles. The van der Waals surface area contributed by atoms with E-state index in [-0.39, 0.29) is 6.10 Å². The number of ether oxygens (including phenoxy) is 2. The van der Waals surface area contributed by atoms with Crippen LogP contribution < -0.4 is 9.47 Å². The van der Waals surface area contributed by atoms with Gasteiger partial charge in [0, 0.05) is 12.4 Å². The first kappa shape index (κ1) is 14.5. The largest absolute Gasteiger partial charge is 0.497 e. The molecule has 20 heavy (non-hydrogen) atoms. The zero-order chi connectivity index (χ0) is 14.4. The van der Waals surface area contributed by atoms with E-state index < -0.39 is 0 Å². The van der Waals surface area contributed by atoms with Crippen LogP contribution in [0.5, 0.6) is 11.5 Å². The van der Waals surface area contributed by atoms with Gasteiger partial charge in [0.2, 0.25) is 0 Å². The number of aromatic nitrogens is 1. The zero-order valence-corrected chi connectivity index (χ0v) is 12.0. The van der Waals surface area contributed by atoms with Gasteiger partial charge in [-0.3, -0.25) is 0 Å². The highest BCUT2D eigenvalue weighted by molar-refractivity contribution is 5.31. The number of rotatable bonds is 7. The van der Waals surface area contributed by atoms with E-state index in [1.165, 1.54) is 0 Å². The summed E-state index contributed by atoms with van der Waals surface area (Å²) in [7, 11) is 1.64. The van der Waals surface area contributed by atoms with Crippen molar-refractivity contribution in [2.24, 2.45) is 0 Å². The van der Waals surface area contributed by atoms with Crippen molar-refractivity contribution in [1.29, 1.82) is 0 Å². The van der Waals surface area contributed by atoms with Crippen molar-refractivity contribution in [3.63, 3.8) is 0 Å². The van der Waals surface area contributed by atoms with Crippen LogP contribution in [-0.2, 0) is 6.54 Å². The smallest absolute Gasteiger partial charge is 0.119 e. The molecule has 1 atom stereocenters. The van der Waals surface area contributed by atoms with Gasteiger partial charge in [0.15, 0.2) is 0 Å². The Kier molecular flexibility index (Phi) is 5.07. The lowest BCUT2D eigenvalue weighted by atomic mass is 10.1. The van der Waals surface area contributed by atoms with E-state index in [0.29, 0.717) is 6.61 Å². The summed E-state index contributed by atoms with van der Waals surface area (Å²) in [6.45, 7) is 3.31. The average Bonchev–Trinajstić information content (AvgIpc) is 2.96. The number of aliphatic hydroxyl groups excluding tert-OH is 1. The molecule has 4 nitrogen and oxygen atoms in total. The van der Waals surface area contributed by atoms with E-state index in [1.807, 2.05) is 54.2 Å². The SMILES string of the molecule is CCC(O)c1ccn(CCOc2ccc(OC)cc2)c1. The number of aliphatic hydroxyl groups is 1. The summed E-state index contributed by atoms with van der Waals surface area (Å²) >= 11 is 0. The van der Waals surface area contributed by atoms with Gasteiger partial charge < -0.3 is 19.1 Å². The first-order valence-electron chi connectivity index (χ1n) is 6.83. The average molecular weight is 275 g/mol. The Hall–Kier alpha value is -1.94. The fourth-order valence-electron chi connectivity index (χ4n) is 1.97. The van der Waals surface area contributed by atoms with Crippen LogP contribution in [-0.4, -0.2) is 23.4 Å². The fraction of sp³-hybridized carbons (Fsp3) is 0.375. The third-order valence-corrected chi connectivity index (χ3v) is 3.22. The normalized spacial score (nSPS) is 12.2. The molecule has 1 N–H and O–H groups in total. The highest BCUT2D eigenvalue weighted by atomic mass is 16.5. The minimum Gasteiger partial charge on any atom is -0.497 e. The lowest BCUT2D eigenvalue weighted by Gasteiger charge is -2.08. The lowest BCUT2D eigenvalue weighted by molar-refractivity contribution is 0.173. The molecule has 108 valence electrons. The Morgan fingerprint density at radius 3 is 2.50 bits per heavy atom. The Labute approximate surface area is 119 Å². The van der Waals surface area contributed by atoms with Crippen molar-refractivity contribution in [3.05, 3.63) is 48.3 Å². The molecule has 1 unspecified atom stereocenters. The molecule has 1 heterocycles. The van der Waals surface area contributed by atoms with E-state index in [2.05, 4.69) is 0 Å². The second-order valence-electron chi connectivity index (χ2n) is 4.63. The summed E-state index contributed by atoms with van der Waals surface area (Å²) in [6.07, 6.45) is 4.28. The molecular weight excluding hydrogens is 254 g/mol. The van der Waals surface area contributed by atoms with E-state index in [4.69, 9.17) is 9.47 Å². The zero-order valence-electron chi connectivity index (χ0n) is 12.0. The molecule has 1 aromatic heterocycles. The number of hydrogen-bond acceptors (Lipinski definition) is 3. The number of hydrogen-bond donors (Lipinski definition) is 1. The van der Waals surface area contributed by atoms with Crippen LogP contribution in [0.4, 0.5) is 0 Å². The lowest BCUT2D eigenvalue weighted by Crippen LogP contribution is -2.06. The topological polar surface area (TPSA) is 43.6 Å². The summed E-state index contributed by atoms with van der Waals surface area (Å²) in [5.74, 6) is 1.65. The van der Waals surface area contributed by atoms with E-state index in [1.54, 1.807) is 7.11 Å². The van der Waals surface area contributed by atoms with Crippen LogP contribution in [0.1, 0.15) is 25.0 Å². The highest BCUT2D eigenvalue weighted by Gasteiger charge is 2.06. The number of nitrogens with zero attached hydrogens (tertiary/aromatic N) is 1. The molecule has 0 aliphatic carbocycles. The summed E-state index contributed by atoms with van der Waals surface area (Å²) in [4.78, 5) is 0. The van der Waals surface area contributed by atoms with Gasteiger partial charge in [0.1, 0.15) is 18.1 Å². The van der Waals surface area contributed by atoms with Gasteiger partial charge in [-0.1, -0.05) is 6.92 Å². The molecule has 0 aliphatic heterocycles. The Bertz CT molecular complexity index is 519. The molecule has 0 saturated heterocycles. The van der Waals surface area contributed by atoms with Crippen LogP contribution in [0.15, 0.2) is 42.7 Å². The van der Waals surface area contributed by atoms with Gasteiger partial charge in [-0.05, 0) is 42.3 Å². The van der Waals surface area contributed by atoms with Crippen molar-refractivity contribution in [3.8, 4) is 11.5 Å². The molecule has 0 fully saturated rings. The predicted molar refractivity (Wildman–Crippen MR) is 78.2 cm³/mol. The molecule has 2 rings (SSSR count). The first-order valence-corrected chi connectivity index (χ1v) is 6.83. The molecule has 0 spiro atoms. The van der Waals surface area contributed by atoms with Gasteiger partial charge in [0.25, 0.3) is 0 Å². The van der Waals surface area contributed by atoms with E-state index in [0.717, 1.165) is 30.0 Å². The van der Waals surface area contributed by atoms with Gasteiger partial charge in [0.05, 0.1) is 19.8 Å². The molecular formula is C16H21NO3. The second kappa shape index (κ2) is 7.01. The van der Waals surface area contributed by atoms with Crippen molar-refractivity contribution in [2.75, 3.05) is 13.7 Å². The van der Waals surface area contributed by atoms with Gasteiger partial charge in [-0.15, -0.1) is 0 Å². The van der Waals surface area contributed by atoms with Crippen molar-refractivity contribution in [1.82, 2.24) is 4.57 Å². The summed E-state index contributed by atoms with van der Waals surface area (Å²) in [5, 5.41) is 9.74. The Morgan fingerprint density at radius 1 is 1.15 bits per heavy atom. The minimum atomic E-state index is -0.376. The van der Waals surface area contributed by atoms with Gasteiger partial charge in [-0.25, -0.2) is 0 Å². The molecule has 1 aromatic carbocycles. The summed E-state index contributed by atoms with van der Waals surface area (Å²) in [5.41, 5.74) is 0.956. The third kappa shape index (κ3) is 3.78. The molecule has 0 bridgehead atoms. The van der Waals surface area contributed by atoms with E-state index >= 15 is 0 Å². The molecule has 0 amide bonds. The summed E-state index contributed by atoms with van der Waals surface area (Å²) < 4.78 is 12.8. The quantitative estimate of drug-likeness (QED) is 0.844. The highest BCUT2D eigenvalue weighted by Crippen LogP contribution is 2.18. The predicted octanol–water partition coefficient (Wildman–Crippen LogP) is 3.02. The Morgan fingerprint density at radius 2 is 1.85 bits per heavy atom. The van der Waals surface area contributed by atoms with Crippen molar-refractivity contribution in [2.45, 2.75) is 26.0 Å². The molecule has 0 radical (unpaired) electrons. The fourth-order valence-corrected chi connectivity index (χ4v) is 1.97. The maximum absolute atomic E-state index is 9.74. The van der Waals surface area contributed by atoms with Gasteiger partial charge in [-0.2, -0.15) is 0 Å². The Balaban J connectivity index is 1.81. The van der Waals surface area contributed by atoms with Crippen LogP contribution in [0.25, 0.3) is 0 Å². The maximum atomic E-state index is 9.74. The third-order valence-electron chi connectivity index (χ3n) is 3.22. The number of benzene rings is 1. The standard InChI is InChI=1S/C16H21NO3/c1-3-16(18)13-8-9-17(12-13)10-11-20-15-6-4-14(19-2)5-7-15/h4-9,12,16,18H,3,10-11H2,1-2H3. The maximum Gasteiger partial charge on any atom is 0.119 e. The molecule has 0 aliphatic rings. The van der Waals surface area contributed by atoms with Crippen LogP contribution in [0.3, 0.4) is 0 Å². The second-order valence-corrected chi connectivity index (χ2v) is 4.63. The first-order chi connectivity index (χ1) is 9.72. The van der Waals surface area contributed by atoms with Crippen LogP contribution >= 0.6 is 0 Å². The number of methoxy groups -OCH3 is 1. The molecule has 4 heteroatoms. The monoisotopic (exact) mass is 275 g/mol. The van der Waals surface area contributed by atoms with Gasteiger partial charge >= 0.3 is 0 Å². The van der Waals surface area contributed by atoms with E-state index in [9.17, 15) is 5.11 Å². The molecule has 2 aromatic rings. The minimum absolute atomic E-state index is 0.376. The van der Waals surface area contributed by atoms with Crippen LogP contribution in [0.2, 0.25) is 0 Å². The van der Waals surface area contributed by atoms with Crippen molar-refractivity contribution >= 4 is 0 Å². The van der Waals surface area contributed by atoms with Crippen LogP contribution in [0, 0.1) is 0 Å². The van der Waals surface area contributed by atoms with Crippen molar-refractivity contribution < 1.29 is 14.6 Å². The summed E-state index contributed by atoms with van der Waals surface area (Å²) in [6, 6.07) is 9.48.